The van der Waals surface area contributed by atoms with Crippen LogP contribution in [0.3, 0.4) is 0 Å². The molecule has 3 fully saturated rings. The average molecular weight is 575 g/mol. The van der Waals surface area contributed by atoms with E-state index in [9.17, 15) is 0 Å². The van der Waals surface area contributed by atoms with Crippen molar-refractivity contribution in [2.24, 2.45) is 0 Å². The minimum atomic E-state index is 0.622. The van der Waals surface area contributed by atoms with Crippen LogP contribution in [0.1, 0.15) is 50.5 Å². The Balaban J connectivity index is 1.23. The smallest absolute Gasteiger partial charge is 0.225 e. The summed E-state index contributed by atoms with van der Waals surface area (Å²) in [5.74, 6) is 3.90. The first-order chi connectivity index (χ1) is 20.7. The van der Waals surface area contributed by atoms with E-state index in [1.807, 2.05) is 18.2 Å². The standard InChI is InChI=1S/C33H46N6O3/c1-40-27-12-10-25(11-13-27)24-34-33-35-29-23-31(42-21-7-16-37-14-5-6-15-37)30(41-2)22-28(29)32(36-33)39-19-17-38(18-20-39)26-8-3-4-9-26/h10-13,22-23,26H,3-9,14-21,24H2,1-2H3,(H,34,35,36). The normalized spacial score (nSPS) is 18.6. The molecule has 1 N–H and O–H groups in total. The number of hydrogen-bond acceptors (Lipinski definition) is 9. The topological polar surface area (TPSA) is 75.2 Å². The van der Waals surface area contributed by atoms with E-state index in [2.05, 4.69) is 38.2 Å². The number of hydrogen-bond donors (Lipinski definition) is 1. The molecule has 3 heterocycles. The number of likely N-dealkylation sites (tertiary alicyclic amines) is 1. The molecule has 9 heteroatoms. The summed E-state index contributed by atoms with van der Waals surface area (Å²) >= 11 is 0. The number of anilines is 2. The van der Waals surface area contributed by atoms with Crippen LogP contribution < -0.4 is 24.4 Å². The summed E-state index contributed by atoms with van der Waals surface area (Å²) in [5.41, 5.74) is 2.01. The van der Waals surface area contributed by atoms with Crippen LogP contribution in [0.25, 0.3) is 10.9 Å². The molecule has 3 aromatic rings. The van der Waals surface area contributed by atoms with E-state index in [1.54, 1.807) is 14.2 Å². The van der Waals surface area contributed by atoms with Crippen molar-refractivity contribution in [2.75, 3.05) is 76.9 Å². The molecule has 9 nitrogen and oxygen atoms in total. The molecular formula is C33H46N6O3. The Bertz CT molecular complexity index is 1300. The first kappa shape index (κ1) is 28.8. The molecule has 42 heavy (non-hydrogen) atoms. The van der Waals surface area contributed by atoms with Gasteiger partial charge < -0.3 is 29.3 Å². The molecule has 0 spiro atoms. The van der Waals surface area contributed by atoms with Gasteiger partial charge in [0.15, 0.2) is 11.5 Å². The van der Waals surface area contributed by atoms with Crippen molar-refractivity contribution in [3.63, 3.8) is 0 Å². The van der Waals surface area contributed by atoms with E-state index in [-0.39, 0.29) is 0 Å². The van der Waals surface area contributed by atoms with Gasteiger partial charge in [-0.15, -0.1) is 0 Å². The number of methoxy groups -OCH3 is 2. The molecule has 1 saturated carbocycles. The summed E-state index contributed by atoms with van der Waals surface area (Å²) < 4.78 is 17.4. The van der Waals surface area contributed by atoms with Crippen LogP contribution >= 0.6 is 0 Å². The minimum absolute atomic E-state index is 0.622. The molecule has 2 saturated heterocycles. The van der Waals surface area contributed by atoms with Crippen molar-refractivity contribution in [3.8, 4) is 17.2 Å². The van der Waals surface area contributed by atoms with Gasteiger partial charge in [0, 0.05) is 56.8 Å². The number of nitrogens with zero attached hydrogens (tertiary/aromatic N) is 5. The molecule has 2 aliphatic heterocycles. The third kappa shape index (κ3) is 6.84. The molecule has 6 rings (SSSR count). The molecule has 0 radical (unpaired) electrons. The fourth-order valence-corrected chi connectivity index (χ4v) is 6.68. The number of piperazine rings is 1. The Kier molecular flexibility index (Phi) is 9.45. The molecule has 3 aliphatic rings. The summed E-state index contributed by atoms with van der Waals surface area (Å²) in [6, 6.07) is 12.9. The van der Waals surface area contributed by atoms with Crippen LogP contribution in [-0.4, -0.2) is 92.4 Å². The van der Waals surface area contributed by atoms with E-state index >= 15 is 0 Å². The number of ether oxygens (including phenoxy) is 3. The van der Waals surface area contributed by atoms with Gasteiger partial charge >= 0.3 is 0 Å². The van der Waals surface area contributed by atoms with E-state index in [1.165, 1.54) is 51.6 Å². The van der Waals surface area contributed by atoms with Crippen molar-refractivity contribution in [2.45, 2.75) is 57.5 Å². The number of rotatable bonds is 12. The fourth-order valence-electron chi connectivity index (χ4n) is 6.68. The lowest BCUT2D eigenvalue weighted by molar-refractivity contribution is 0.187. The lowest BCUT2D eigenvalue weighted by Crippen LogP contribution is -2.50. The van der Waals surface area contributed by atoms with Crippen LogP contribution in [0.5, 0.6) is 17.2 Å². The Hall–Kier alpha value is -3.30. The summed E-state index contributed by atoms with van der Waals surface area (Å²) in [4.78, 5) is 17.7. The Labute approximate surface area is 250 Å². The van der Waals surface area contributed by atoms with Gasteiger partial charge in [-0.25, -0.2) is 4.98 Å². The van der Waals surface area contributed by atoms with Gasteiger partial charge in [-0.05, 0) is 69.0 Å². The molecule has 0 atom stereocenters. The average Bonchev–Trinajstić information content (AvgIpc) is 3.77. The third-order valence-corrected chi connectivity index (χ3v) is 9.10. The molecule has 226 valence electrons. The maximum Gasteiger partial charge on any atom is 0.225 e. The number of benzene rings is 2. The maximum absolute atomic E-state index is 6.28. The quantitative estimate of drug-likeness (QED) is 0.294. The van der Waals surface area contributed by atoms with Gasteiger partial charge in [-0.2, -0.15) is 4.98 Å². The first-order valence-electron chi connectivity index (χ1n) is 15.8. The third-order valence-electron chi connectivity index (χ3n) is 9.10. The number of aromatic nitrogens is 2. The van der Waals surface area contributed by atoms with Crippen molar-refractivity contribution in [1.82, 2.24) is 19.8 Å². The summed E-state index contributed by atoms with van der Waals surface area (Å²) in [6.45, 7) is 8.83. The van der Waals surface area contributed by atoms with E-state index in [0.29, 0.717) is 19.1 Å². The summed E-state index contributed by atoms with van der Waals surface area (Å²) in [7, 11) is 3.40. The molecule has 0 bridgehead atoms. The van der Waals surface area contributed by atoms with Crippen LogP contribution in [0.15, 0.2) is 36.4 Å². The van der Waals surface area contributed by atoms with Crippen molar-refractivity contribution >= 4 is 22.7 Å². The van der Waals surface area contributed by atoms with Crippen LogP contribution in [-0.2, 0) is 6.54 Å². The van der Waals surface area contributed by atoms with Crippen molar-refractivity contribution in [1.29, 1.82) is 0 Å². The lowest BCUT2D eigenvalue weighted by Gasteiger charge is -2.39. The van der Waals surface area contributed by atoms with Crippen molar-refractivity contribution < 1.29 is 14.2 Å². The summed E-state index contributed by atoms with van der Waals surface area (Å²) in [5, 5.41) is 4.48. The molecule has 0 amide bonds. The number of fused-ring (bicyclic) bond motifs is 1. The van der Waals surface area contributed by atoms with Gasteiger partial charge in [0.2, 0.25) is 5.95 Å². The monoisotopic (exact) mass is 574 g/mol. The summed E-state index contributed by atoms with van der Waals surface area (Å²) in [6.07, 6.45) is 9.04. The zero-order valence-corrected chi connectivity index (χ0v) is 25.3. The van der Waals surface area contributed by atoms with E-state index in [0.717, 1.165) is 84.7 Å². The molecule has 1 aliphatic carbocycles. The maximum atomic E-state index is 6.28. The SMILES string of the molecule is COc1ccc(CNc2nc(N3CCN(C4CCCC4)CC3)c3cc(OC)c(OCCCN4CCCC4)cc3n2)cc1. The van der Waals surface area contributed by atoms with Crippen molar-refractivity contribution in [3.05, 3.63) is 42.0 Å². The highest BCUT2D eigenvalue weighted by molar-refractivity contribution is 5.93. The second-order valence-corrected chi connectivity index (χ2v) is 11.8. The fraction of sp³-hybridized carbons (Fsp3) is 0.576. The zero-order valence-electron chi connectivity index (χ0n) is 25.3. The Morgan fingerprint density at radius 3 is 2.31 bits per heavy atom. The Morgan fingerprint density at radius 2 is 1.60 bits per heavy atom. The van der Waals surface area contributed by atoms with Gasteiger partial charge in [0.05, 0.1) is 26.3 Å². The zero-order chi connectivity index (χ0) is 28.7. The van der Waals surface area contributed by atoms with Crippen LogP contribution in [0, 0.1) is 0 Å². The first-order valence-corrected chi connectivity index (χ1v) is 15.8. The van der Waals surface area contributed by atoms with Gasteiger partial charge in [-0.3, -0.25) is 4.90 Å². The van der Waals surface area contributed by atoms with Crippen LogP contribution in [0.4, 0.5) is 11.8 Å². The van der Waals surface area contributed by atoms with E-state index < -0.39 is 0 Å². The predicted molar refractivity (Wildman–Crippen MR) is 168 cm³/mol. The van der Waals surface area contributed by atoms with Crippen LogP contribution in [0.2, 0.25) is 0 Å². The van der Waals surface area contributed by atoms with Gasteiger partial charge in [0.25, 0.3) is 0 Å². The highest BCUT2D eigenvalue weighted by Gasteiger charge is 2.28. The molecule has 1 aromatic heterocycles. The molecule has 0 unspecified atom stereocenters. The minimum Gasteiger partial charge on any atom is -0.497 e. The number of nitrogens with one attached hydrogen (secondary N) is 1. The van der Waals surface area contributed by atoms with Gasteiger partial charge in [-0.1, -0.05) is 25.0 Å². The molecular weight excluding hydrogens is 528 g/mol. The highest BCUT2D eigenvalue weighted by Crippen LogP contribution is 2.37. The highest BCUT2D eigenvalue weighted by atomic mass is 16.5. The molecule has 2 aromatic carbocycles. The predicted octanol–water partition coefficient (Wildman–Crippen LogP) is 5.19. The van der Waals surface area contributed by atoms with Gasteiger partial charge in [0.1, 0.15) is 11.6 Å². The van der Waals surface area contributed by atoms with E-state index in [4.69, 9.17) is 24.2 Å². The largest absolute Gasteiger partial charge is 0.497 e. The Morgan fingerprint density at radius 1 is 0.833 bits per heavy atom. The second-order valence-electron chi connectivity index (χ2n) is 11.8. The lowest BCUT2D eigenvalue weighted by atomic mass is 10.1. The second kappa shape index (κ2) is 13.8.